The number of aliphatic hydroxyl groups is 1. The molecule has 2 aliphatic carbocycles. The molecular formula is C16H23NO3. The molecule has 0 radical (unpaired) electrons. The number of hydrogen-bond acceptors (Lipinski definition) is 4. The molecule has 0 aliphatic heterocycles. The number of fused-ring (bicyclic) bond motifs is 1. The topological polar surface area (TPSA) is 41.9 Å². The average molecular weight is 277 g/mol. The Morgan fingerprint density at radius 3 is 2.75 bits per heavy atom. The third kappa shape index (κ3) is 2.55. The number of ether oxygens (including phenoxy) is 2. The van der Waals surface area contributed by atoms with E-state index < -0.39 is 6.10 Å². The Morgan fingerprint density at radius 2 is 2.10 bits per heavy atom. The van der Waals surface area contributed by atoms with E-state index in [1.54, 1.807) is 14.2 Å². The first-order valence-corrected chi connectivity index (χ1v) is 7.34. The highest BCUT2D eigenvalue weighted by atomic mass is 16.5. The molecule has 1 aromatic rings. The summed E-state index contributed by atoms with van der Waals surface area (Å²) in [6, 6.07) is 6.84. The molecule has 3 rings (SSSR count). The molecule has 110 valence electrons. The lowest BCUT2D eigenvalue weighted by atomic mass is 10.1. The molecule has 20 heavy (non-hydrogen) atoms. The number of nitrogens with zero attached hydrogens (tertiary/aromatic N) is 1. The molecule has 0 bridgehead atoms. The number of benzene rings is 1. The molecule has 2 atom stereocenters. The van der Waals surface area contributed by atoms with Crippen molar-refractivity contribution in [2.24, 2.45) is 0 Å². The predicted octanol–water partition coefficient (Wildman–Crippen LogP) is 1.76. The van der Waals surface area contributed by atoms with Gasteiger partial charge in [0.2, 0.25) is 0 Å². The van der Waals surface area contributed by atoms with Crippen molar-refractivity contribution in [2.75, 3.05) is 27.4 Å². The lowest BCUT2D eigenvalue weighted by molar-refractivity contribution is 0.0385. The smallest absolute Gasteiger partial charge is 0.119 e. The van der Waals surface area contributed by atoms with E-state index in [0.717, 1.165) is 30.9 Å². The molecule has 1 fully saturated rings. The van der Waals surface area contributed by atoms with Gasteiger partial charge in [0.25, 0.3) is 0 Å². The maximum absolute atomic E-state index is 10.7. The van der Waals surface area contributed by atoms with E-state index in [1.807, 2.05) is 12.1 Å². The standard InChI is InChI=1S/C16H23NO3/c1-19-8-7-17(12-4-5-12)15-9-11-3-6-13(20-2)10-14(11)16(15)18/h3,6,10,12,15-16,18H,4-5,7-9H2,1-2H3. The van der Waals surface area contributed by atoms with Gasteiger partial charge in [-0.05, 0) is 42.5 Å². The summed E-state index contributed by atoms with van der Waals surface area (Å²) < 4.78 is 10.5. The van der Waals surface area contributed by atoms with E-state index in [1.165, 1.54) is 18.4 Å². The van der Waals surface area contributed by atoms with Crippen LogP contribution in [-0.2, 0) is 11.2 Å². The van der Waals surface area contributed by atoms with Crippen molar-refractivity contribution in [3.63, 3.8) is 0 Å². The molecule has 1 N–H and O–H groups in total. The summed E-state index contributed by atoms with van der Waals surface area (Å²) >= 11 is 0. The predicted molar refractivity (Wildman–Crippen MR) is 77.0 cm³/mol. The van der Waals surface area contributed by atoms with Crippen molar-refractivity contribution in [2.45, 2.75) is 37.5 Å². The first-order chi connectivity index (χ1) is 9.74. The Labute approximate surface area is 120 Å². The number of hydrogen-bond donors (Lipinski definition) is 1. The van der Waals surface area contributed by atoms with Gasteiger partial charge in [0.1, 0.15) is 5.75 Å². The summed E-state index contributed by atoms with van der Waals surface area (Å²) in [7, 11) is 3.39. The Hall–Kier alpha value is -1.10. The van der Waals surface area contributed by atoms with Crippen LogP contribution in [0.2, 0.25) is 0 Å². The molecular weight excluding hydrogens is 254 g/mol. The van der Waals surface area contributed by atoms with Crippen LogP contribution in [0.3, 0.4) is 0 Å². The second-order valence-electron chi connectivity index (χ2n) is 5.74. The van der Waals surface area contributed by atoms with E-state index in [-0.39, 0.29) is 6.04 Å². The molecule has 2 unspecified atom stereocenters. The summed E-state index contributed by atoms with van der Waals surface area (Å²) in [5, 5.41) is 10.7. The van der Waals surface area contributed by atoms with E-state index >= 15 is 0 Å². The Kier molecular flexibility index (Phi) is 3.96. The fraction of sp³-hybridized carbons (Fsp3) is 0.625. The highest BCUT2D eigenvalue weighted by molar-refractivity contribution is 5.42. The normalized spacial score (nSPS) is 25.0. The fourth-order valence-electron chi connectivity index (χ4n) is 3.23. The molecule has 2 aliphatic rings. The van der Waals surface area contributed by atoms with Crippen LogP contribution >= 0.6 is 0 Å². The third-order valence-electron chi connectivity index (χ3n) is 4.46. The summed E-state index contributed by atoms with van der Waals surface area (Å²) in [6.07, 6.45) is 2.98. The van der Waals surface area contributed by atoms with Crippen molar-refractivity contribution >= 4 is 0 Å². The molecule has 0 amide bonds. The third-order valence-corrected chi connectivity index (χ3v) is 4.46. The minimum absolute atomic E-state index is 0.180. The van der Waals surface area contributed by atoms with Crippen LogP contribution < -0.4 is 4.74 Å². The van der Waals surface area contributed by atoms with Gasteiger partial charge in [0.15, 0.2) is 0 Å². The fourth-order valence-corrected chi connectivity index (χ4v) is 3.23. The SMILES string of the molecule is COCCN(C1CC1)C1Cc2ccc(OC)cc2C1O. The Bertz CT molecular complexity index is 473. The van der Waals surface area contributed by atoms with Crippen LogP contribution in [-0.4, -0.2) is 49.5 Å². The van der Waals surface area contributed by atoms with Gasteiger partial charge in [-0.2, -0.15) is 0 Å². The Balaban J connectivity index is 1.78. The molecule has 4 nitrogen and oxygen atoms in total. The van der Waals surface area contributed by atoms with Gasteiger partial charge in [-0.15, -0.1) is 0 Å². The van der Waals surface area contributed by atoms with Gasteiger partial charge in [-0.3, -0.25) is 4.90 Å². The maximum Gasteiger partial charge on any atom is 0.119 e. The highest BCUT2D eigenvalue weighted by Gasteiger charge is 2.41. The minimum atomic E-state index is -0.419. The molecule has 0 heterocycles. The summed E-state index contributed by atoms with van der Waals surface area (Å²) in [5.41, 5.74) is 2.27. The Morgan fingerprint density at radius 1 is 1.30 bits per heavy atom. The lowest BCUT2D eigenvalue weighted by Gasteiger charge is -2.31. The molecule has 0 saturated heterocycles. The monoisotopic (exact) mass is 277 g/mol. The number of aliphatic hydroxyl groups excluding tert-OH is 1. The summed E-state index contributed by atoms with van der Waals surface area (Å²) in [6.45, 7) is 1.62. The second-order valence-corrected chi connectivity index (χ2v) is 5.74. The highest BCUT2D eigenvalue weighted by Crippen LogP contribution is 2.40. The van der Waals surface area contributed by atoms with Gasteiger partial charge in [0.05, 0.1) is 19.8 Å². The van der Waals surface area contributed by atoms with Gasteiger partial charge < -0.3 is 14.6 Å². The van der Waals surface area contributed by atoms with Crippen LogP contribution in [0.15, 0.2) is 18.2 Å². The number of rotatable bonds is 6. The summed E-state index contributed by atoms with van der Waals surface area (Å²) in [4.78, 5) is 2.43. The molecule has 1 aromatic carbocycles. The van der Waals surface area contributed by atoms with E-state index in [9.17, 15) is 5.11 Å². The van der Waals surface area contributed by atoms with Crippen molar-refractivity contribution in [1.29, 1.82) is 0 Å². The zero-order valence-electron chi connectivity index (χ0n) is 12.2. The number of methoxy groups -OCH3 is 2. The molecule has 0 spiro atoms. The van der Waals surface area contributed by atoms with Crippen LogP contribution in [0.5, 0.6) is 5.75 Å². The lowest BCUT2D eigenvalue weighted by Crippen LogP contribution is -2.41. The molecule has 4 heteroatoms. The van der Waals surface area contributed by atoms with Crippen molar-refractivity contribution in [1.82, 2.24) is 4.90 Å². The van der Waals surface area contributed by atoms with Crippen LogP contribution in [0.4, 0.5) is 0 Å². The van der Waals surface area contributed by atoms with Gasteiger partial charge >= 0.3 is 0 Å². The van der Waals surface area contributed by atoms with E-state index in [4.69, 9.17) is 9.47 Å². The minimum Gasteiger partial charge on any atom is -0.497 e. The van der Waals surface area contributed by atoms with Crippen molar-refractivity contribution in [3.05, 3.63) is 29.3 Å². The van der Waals surface area contributed by atoms with Crippen LogP contribution in [0, 0.1) is 0 Å². The van der Waals surface area contributed by atoms with Gasteiger partial charge in [-0.1, -0.05) is 6.07 Å². The molecule has 1 saturated carbocycles. The largest absolute Gasteiger partial charge is 0.497 e. The molecule has 0 aromatic heterocycles. The van der Waals surface area contributed by atoms with Gasteiger partial charge in [0, 0.05) is 25.7 Å². The zero-order chi connectivity index (χ0) is 14.1. The quantitative estimate of drug-likeness (QED) is 0.860. The first kappa shape index (κ1) is 13.9. The van der Waals surface area contributed by atoms with Crippen molar-refractivity contribution in [3.8, 4) is 5.75 Å². The summed E-state index contributed by atoms with van der Waals surface area (Å²) in [5.74, 6) is 0.818. The van der Waals surface area contributed by atoms with E-state index in [2.05, 4.69) is 11.0 Å². The zero-order valence-corrected chi connectivity index (χ0v) is 12.2. The average Bonchev–Trinajstić information content (AvgIpc) is 3.25. The van der Waals surface area contributed by atoms with Crippen LogP contribution in [0.25, 0.3) is 0 Å². The van der Waals surface area contributed by atoms with Gasteiger partial charge in [-0.25, -0.2) is 0 Å². The second kappa shape index (κ2) is 5.72. The maximum atomic E-state index is 10.7. The van der Waals surface area contributed by atoms with Crippen LogP contribution in [0.1, 0.15) is 30.1 Å². The van der Waals surface area contributed by atoms with E-state index in [0.29, 0.717) is 6.04 Å². The van der Waals surface area contributed by atoms with Crippen molar-refractivity contribution < 1.29 is 14.6 Å². The first-order valence-electron chi connectivity index (χ1n) is 7.34.